The van der Waals surface area contributed by atoms with Crippen molar-refractivity contribution < 1.29 is 19.1 Å². The van der Waals surface area contributed by atoms with Gasteiger partial charge >= 0.3 is 6.09 Å². The lowest BCUT2D eigenvalue weighted by Crippen LogP contribution is -2.53. The maximum atomic E-state index is 13.2. The predicted molar refractivity (Wildman–Crippen MR) is 137 cm³/mol. The highest BCUT2D eigenvalue weighted by molar-refractivity contribution is 6.04. The van der Waals surface area contributed by atoms with Crippen LogP contribution in [0.15, 0.2) is 18.2 Å². The number of piperidine rings is 1. The number of likely N-dealkylation sites (tertiary alicyclic amines) is 1. The highest BCUT2D eigenvalue weighted by Crippen LogP contribution is 2.43. The number of hydrogen-bond acceptors (Lipinski definition) is 5. The van der Waals surface area contributed by atoms with Gasteiger partial charge in [-0.15, -0.1) is 0 Å². The fraction of sp³-hybridized carbons (Fsp3) is 0.714. The molecule has 3 heterocycles. The van der Waals surface area contributed by atoms with Gasteiger partial charge in [0, 0.05) is 44.8 Å². The van der Waals surface area contributed by atoms with E-state index in [1.807, 2.05) is 25.7 Å². The molecule has 0 bridgehead atoms. The van der Waals surface area contributed by atoms with E-state index >= 15 is 0 Å². The molecule has 2 saturated heterocycles. The maximum absolute atomic E-state index is 13.2. The Kier molecular flexibility index (Phi) is 7.09. The maximum Gasteiger partial charge on any atom is 0.414 e. The molecule has 35 heavy (non-hydrogen) atoms. The minimum Gasteiger partial charge on any atom is -0.446 e. The van der Waals surface area contributed by atoms with Crippen LogP contribution in [0.2, 0.25) is 0 Å². The van der Waals surface area contributed by atoms with Gasteiger partial charge in [0.25, 0.3) is 0 Å². The molecular weight excluding hydrogens is 442 g/mol. The monoisotopic (exact) mass is 483 g/mol. The van der Waals surface area contributed by atoms with Crippen molar-refractivity contribution >= 4 is 23.4 Å². The first-order valence-corrected chi connectivity index (χ1v) is 13.6. The van der Waals surface area contributed by atoms with Gasteiger partial charge in [0.2, 0.25) is 5.91 Å². The van der Waals surface area contributed by atoms with E-state index in [1.165, 1.54) is 5.56 Å². The largest absolute Gasteiger partial charge is 0.446 e. The Labute approximate surface area is 209 Å². The highest BCUT2D eigenvalue weighted by atomic mass is 16.6. The number of ether oxygens (including phenoxy) is 2. The summed E-state index contributed by atoms with van der Waals surface area (Å²) in [6.07, 6.45) is 4.76. The molecule has 1 aromatic rings. The first kappa shape index (κ1) is 24.6. The number of anilines is 2. The number of hydrogen-bond donors (Lipinski definition) is 0. The summed E-state index contributed by atoms with van der Waals surface area (Å²) in [6.45, 7) is 12.5. The molecule has 0 N–H and O–H groups in total. The van der Waals surface area contributed by atoms with Crippen molar-refractivity contribution in [3.05, 3.63) is 23.8 Å². The number of benzene rings is 1. The van der Waals surface area contributed by atoms with Crippen molar-refractivity contribution in [1.29, 1.82) is 0 Å². The third-order valence-corrected chi connectivity index (χ3v) is 8.02. The Hall–Kier alpha value is -2.12. The van der Waals surface area contributed by atoms with Crippen molar-refractivity contribution in [2.24, 2.45) is 11.8 Å². The lowest BCUT2D eigenvalue weighted by atomic mass is 9.83. The van der Waals surface area contributed by atoms with Crippen LogP contribution in [0.25, 0.3) is 0 Å². The Bertz CT molecular complexity index is 940. The zero-order valence-electron chi connectivity index (χ0n) is 21.7. The van der Waals surface area contributed by atoms with Gasteiger partial charge in [0.15, 0.2) is 0 Å². The minimum atomic E-state index is -0.329. The second-order valence-electron chi connectivity index (χ2n) is 11.5. The normalized spacial score (nSPS) is 28.2. The van der Waals surface area contributed by atoms with Crippen LogP contribution in [-0.2, 0) is 14.3 Å². The fourth-order valence-corrected chi connectivity index (χ4v) is 6.18. The molecule has 0 spiro atoms. The summed E-state index contributed by atoms with van der Waals surface area (Å²) in [5.41, 5.74) is 2.91. The molecule has 192 valence electrons. The van der Waals surface area contributed by atoms with Crippen LogP contribution >= 0.6 is 0 Å². The Morgan fingerprint density at radius 2 is 1.74 bits per heavy atom. The van der Waals surface area contributed by atoms with Gasteiger partial charge in [-0.25, -0.2) is 4.79 Å². The number of amides is 2. The third kappa shape index (κ3) is 5.21. The van der Waals surface area contributed by atoms with Gasteiger partial charge in [-0.3, -0.25) is 14.6 Å². The molecule has 4 aliphatic rings. The van der Waals surface area contributed by atoms with Crippen LogP contribution in [0.1, 0.15) is 71.3 Å². The summed E-state index contributed by atoms with van der Waals surface area (Å²) < 4.78 is 11.2. The van der Waals surface area contributed by atoms with Crippen LogP contribution in [0, 0.1) is 11.8 Å². The van der Waals surface area contributed by atoms with Crippen LogP contribution in [-0.4, -0.2) is 67.9 Å². The van der Waals surface area contributed by atoms with Crippen LogP contribution < -0.4 is 9.80 Å². The van der Waals surface area contributed by atoms with Gasteiger partial charge in [-0.05, 0) is 82.4 Å². The van der Waals surface area contributed by atoms with Gasteiger partial charge in [-0.2, -0.15) is 0 Å². The topological polar surface area (TPSA) is 62.3 Å². The summed E-state index contributed by atoms with van der Waals surface area (Å²) in [5, 5.41) is 0. The molecule has 2 unspecified atom stereocenters. The van der Waals surface area contributed by atoms with E-state index in [1.54, 1.807) is 4.90 Å². The minimum absolute atomic E-state index is 0.0834. The molecule has 7 nitrogen and oxygen atoms in total. The van der Waals surface area contributed by atoms with Crippen LogP contribution in [0.5, 0.6) is 0 Å². The summed E-state index contributed by atoms with van der Waals surface area (Å²) in [6, 6.07) is 6.95. The first-order chi connectivity index (χ1) is 16.8. The molecule has 1 aromatic carbocycles. The number of carbonyl (C=O) groups excluding carboxylic acids is 2. The van der Waals surface area contributed by atoms with E-state index in [4.69, 9.17) is 9.47 Å². The fourth-order valence-electron chi connectivity index (χ4n) is 6.18. The summed E-state index contributed by atoms with van der Waals surface area (Å²) >= 11 is 0. The quantitative estimate of drug-likeness (QED) is 0.616. The molecular formula is C28H41N3O4. The van der Waals surface area contributed by atoms with E-state index < -0.39 is 0 Å². The van der Waals surface area contributed by atoms with Gasteiger partial charge < -0.3 is 14.4 Å². The van der Waals surface area contributed by atoms with Crippen molar-refractivity contribution in [2.45, 2.75) is 83.9 Å². The van der Waals surface area contributed by atoms with Gasteiger partial charge in [-0.1, -0.05) is 13.0 Å². The second-order valence-corrected chi connectivity index (χ2v) is 11.5. The lowest BCUT2D eigenvalue weighted by molar-refractivity contribution is -0.120. The Morgan fingerprint density at radius 1 is 1.00 bits per heavy atom. The number of nitrogens with zero attached hydrogens (tertiary/aromatic N) is 3. The first-order valence-electron chi connectivity index (χ1n) is 13.6. The lowest BCUT2D eigenvalue weighted by Gasteiger charge is -2.44. The molecule has 2 amide bonds. The molecule has 5 rings (SSSR count). The highest BCUT2D eigenvalue weighted by Gasteiger charge is 2.42. The van der Waals surface area contributed by atoms with E-state index in [0.29, 0.717) is 24.4 Å². The van der Waals surface area contributed by atoms with Crippen molar-refractivity contribution in [2.75, 3.05) is 42.6 Å². The molecule has 0 radical (unpaired) electrons. The van der Waals surface area contributed by atoms with Crippen molar-refractivity contribution in [3.63, 3.8) is 0 Å². The molecule has 3 aliphatic heterocycles. The number of fused-ring (bicyclic) bond motifs is 1. The predicted octanol–water partition coefficient (Wildman–Crippen LogP) is 4.79. The zero-order chi connectivity index (χ0) is 24.7. The number of rotatable bonds is 4. The second kappa shape index (κ2) is 10.1. The Morgan fingerprint density at radius 3 is 2.43 bits per heavy atom. The Balaban J connectivity index is 1.46. The summed E-state index contributed by atoms with van der Waals surface area (Å²) in [5.74, 6) is 1.34. The third-order valence-electron chi connectivity index (χ3n) is 8.02. The molecule has 0 aromatic heterocycles. The number of carbonyl (C=O) groups is 2. The summed E-state index contributed by atoms with van der Waals surface area (Å²) in [7, 11) is 0. The van der Waals surface area contributed by atoms with E-state index in [-0.39, 0.29) is 30.1 Å². The molecule has 3 atom stereocenters. The standard InChI is InChI=1S/C28H41N3O4/c1-18(2)35-28(33)30-16-20(4)31(27(32)21-5-6-21)25-8-7-22(14-26(25)30)23-13-19(3)15-29(17-23)24-9-11-34-12-10-24/h7-8,14,18-21,23-24H,5-6,9-13,15-17H2,1-4H3/t19?,20-,23?/m0/s1. The average Bonchev–Trinajstić information content (AvgIpc) is 3.68. The molecule has 1 aliphatic carbocycles. The molecule has 1 saturated carbocycles. The zero-order valence-corrected chi connectivity index (χ0v) is 21.7. The smallest absolute Gasteiger partial charge is 0.414 e. The van der Waals surface area contributed by atoms with Crippen molar-refractivity contribution in [3.8, 4) is 0 Å². The molecule has 3 fully saturated rings. The van der Waals surface area contributed by atoms with E-state index in [9.17, 15) is 9.59 Å². The van der Waals surface area contributed by atoms with E-state index in [2.05, 4.69) is 30.0 Å². The van der Waals surface area contributed by atoms with E-state index in [0.717, 1.165) is 69.8 Å². The van der Waals surface area contributed by atoms with Gasteiger partial charge in [0.1, 0.15) is 0 Å². The van der Waals surface area contributed by atoms with Crippen LogP contribution in [0.3, 0.4) is 0 Å². The van der Waals surface area contributed by atoms with Crippen LogP contribution in [0.4, 0.5) is 16.2 Å². The van der Waals surface area contributed by atoms with Gasteiger partial charge in [0.05, 0.1) is 23.5 Å². The average molecular weight is 484 g/mol. The molecule has 7 heteroatoms. The SMILES string of the molecule is CC1CC(c2ccc3c(c2)N(C(=O)OC(C)C)C[C@H](C)N3C(=O)C2CC2)CN(C2CCOCC2)C1. The summed E-state index contributed by atoms with van der Waals surface area (Å²) in [4.78, 5) is 32.7. The van der Waals surface area contributed by atoms with Crippen molar-refractivity contribution in [1.82, 2.24) is 4.90 Å².